The third kappa shape index (κ3) is 2.13. The third-order valence-electron chi connectivity index (χ3n) is 4.98. The molecule has 0 aromatic heterocycles. The topological polar surface area (TPSA) is 12.0 Å². The summed E-state index contributed by atoms with van der Waals surface area (Å²) in [5.41, 5.74) is 4.51. The van der Waals surface area contributed by atoms with Crippen LogP contribution in [-0.2, 0) is 0 Å². The van der Waals surface area contributed by atoms with Crippen molar-refractivity contribution in [1.82, 2.24) is 5.32 Å². The zero-order chi connectivity index (χ0) is 14.9. The Bertz CT molecular complexity index is 800. The van der Waals surface area contributed by atoms with Gasteiger partial charge in [0, 0.05) is 12.5 Å². The maximum atomic E-state index is 3.36. The quantitative estimate of drug-likeness (QED) is 0.737. The van der Waals surface area contributed by atoms with Crippen LogP contribution in [0.2, 0.25) is 0 Å². The van der Waals surface area contributed by atoms with Gasteiger partial charge in [-0.05, 0) is 46.8 Å². The first-order valence-electron chi connectivity index (χ1n) is 8.09. The molecule has 1 nitrogen and oxygen atoms in total. The van der Waals surface area contributed by atoms with Gasteiger partial charge >= 0.3 is 0 Å². The Hall–Kier alpha value is -2.12. The fourth-order valence-electron chi connectivity index (χ4n) is 4.03. The Morgan fingerprint density at radius 3 is 2.36 bits per heavy atom. The van der Waals surface area contributed by atoms with Gasteiger partial charge in [-0.3, -0.25) is 0 Å². The van der Waals surface area contributed by atoms with E-state index in [4.69, 9.17) is 0 Å². The predicted octanol–water partition coefficient (Wildman–Crippen LogP) is 4.68. The first kappa shape index (κ1) is 13.5. The lowest BCUT2D eigenvalue weighted by Crippen LogP contribution is -2.15. The molecule has 3 aromatic carbocycles. The van der Waals surface area contributed by atoms with Gasteiger partial charge in [-0.2, -0.15) is 0 Å². The van der Waals surface area contributed by atoms with Gasteiger partial charge in [0.05, 0.1) is 0 Å². The monoisotopic (exact) mass is 287 g/mol. The first-order chi connectivity index (χ1) is 10.9. The Labute approximate surface area is 132 Å². The molecule has 0 amide bonds. The van der Waals surface area contributed by atoms with E-state index in [9.17, 15) is 0 Å². The van der Waals surface area contributed by atoms with Crippen LogP contribution in [0, 0.1) is 0 Å². The minimum atomic E-state index is 0.514. The van der Waals surface area contributed by atoms with Gasteiger partial charge in [0.1, 0.15) is 0 Å². The van der Waals surface area contributed by atoms with Crippen LogP contribution < -0.4 is 5.32 Å². The molecule has 1 heteroatoms. The Kier molecular flexibility index (Phi) is 3.44. The van der Waals surface area contributed by atoms with Crippen LogP contribution in [0.3, 0.4) is 0 Å². The van der Waals surface area contributed by atoms with Gasteiger partial charge in [-0.1, -0.05) is 66.7 Å². The summed E-state index contributed by atoms with van der Waals surface area (Å²) in [6.45, 7) is 1.05. The Morgan fingerprint density at radius 1 is 0.818 bits per heavy atom. The second-order valence-corrected chi connectivity index (χ2v) is 6.24. The highest BCUT2D eigenvalue weighted by Crippen LogP contribution is 2.46. The fourth-order valence-corrected chi connectivity index (χ4v) is 4.03. The van der Waals surface area contributed by atoms with Crippen LogP contribution in [0.25, 0.3) is 10.8 Å². The molecule has 0 saturated carbocycles. The number of likely N-dealkylation sites (N-methyl/N-ethyl adjacent to an activating group) is 1. The number of nitrogens with one attached hydrogen (secondary N) is 1. The number of hydrogen-bond acceptors (Lipinski definition) is 1. The van der Waals surface area contributed by atoms with Crippen molar-refractivity contribution in [2.24, 2.45) is 0 Å². The average Bonchev–Trinajstić information content (AvgIpc) is 2.94. The van der Waals surface area contributed by atoms with Crippen molar-refractivity contribution in [3.8, 4) is 0 Å². The van der Waals surface area contributed by atoms with E-state index in [0.717, 1.165) is 6.54 Å². The molecule has 1 aliphatic carbocycles. The molecule has 0 heterocycles. The maximum Gasteiger partial charge on any atom is 0.0105 e. The zero-order valence-electron chi connectivity index (χ0n) is 12.9. The van der Waals surface area contributed by atoms with E-state index in [2.05, 4.69) is 72.0 Å². The molecule has 1 N–H and O–H groups in total. The van der Waals surface area contributed by atoms with E-state index in [0.29, 0.717) is 11.8 Å². The van der Waals surface area contributed by atoms with Crippen LogP contribution >= 0.6 is 0 Å². The number of benzene rings is 3. The molecule has 110 valence electrons. The smallest absolute Gasteiger partial charge is 0.0105 e. The van der Waals surface area contributed by atoms with Gasteiger partial charge in [0.2, 0.25) is 0 Å². The lowest BCUT2D eigenvalue weighted by molar-refractivity contribution is 0.598. The summed E-state index contributed by atoms with van der Waals surface area (Å²) in [6, 6.07) is 24.5. The molecule has 0 fully saturated rings. The van der Waals surface area contributed by atoms with Gasteiger partial charge in [0.25, 0.3) is 0 Å². The SMILES string of the molecule is CNC[C@H]1C[C@@H](c2cccc3ccccc23)c2ccccc21. The molecule has 1 aliphatic rings. The van der Waals surface area contributed by atoms with Crippen molar-refractivity contribution in [3.63, 3.8) is 0 Å². The summed E-state index contributed by atoms with van der Waals surface area (Å²) in [5, 5.41) is 6.10. The van der Waals surface area contributed by atoms with Crippen molar-refractivity contribution in [3.05, 3.63) is 83.4 Å². The van der Waals surface area contributed by atoms with Crippen LogP contribution in [0.4, 0.5) is 0 Å². The summed E-state index contributed by atoms with van der Waals surface area (Å²) in [7, 11) is 2.05. The number of fused-ring (bicyclic) bond motifs is 2. The van der Waals surface area contributed by atoms with Gasteiger partial charge < -0.3 is 5.32 Å². The van der Waals surface area contributed by atoms with E-state index in [1.54, 1.807) is 0 Å². The molecule has 2 atom stereocenters. The molecule has 4 rings (SSSR count). The minimum Gasteiger partial charge on any atom is -0.319 e. The van der Waals surface area contributed by atoms with E-state index in [1.807, 2.05) is 7.05 Å². The molecule has 0 unspecified atom stereocenters. The molecule has 0 spiro atoms. The van der Waals surface area contributed by atoms with Crippen molar-refractivity contribution < 1.29 is 0 Å². The van der Waals surface area contributed by atoms with E-state index in [-0.39, 0.29) is 0 Å². The molecular weight excluding hydrogens is 266 g/mol. The highest BCUT2D eigenvalue weighted by atomic mass is 14.8. The average molecular weight is 287 g/mol. The second kappa shape index (κ2) is 5.58. The highest BCUT2D eigenvalue weighted by molar-refractivity contribution is 5.86. The lowest BCUT2D eigenvalue weighted by atomic mass is 9.89. The van der Waals surface area contributed by atoms with Crippen LogP contribution in [-0.4, -0.2) is 13.6 Å². The van der Waals surface area contributed by atoms with Crippen molar-refractivity contribution in [1.29, 1.82) is 0 Å². The molecular formula is C21H21N. The number of hydrogen-bond donors (Lipinski definition) is 1. The van der Waals surface area contributed by atoms with Crippen LogP contribution in [0.15, 0.2) is 66.7 Å². The van der Waals surface area contributed by atoms with Crippen molar-refractivity contribution in [2.45, 2.75) is 18.3 Å². The van der Waals surface area contributed by atoms with E-state index < -0.39 is 0 Å². The Balaban J connectivity index is 1.86. The largest absolute Gasteiger partial charge is 0.319 e. The van der Waals surface area contributed by atoms with Crippen LogP contribution in [0.1, 0.15) is 34.9 Å². The first-order valence-corrected chi connectivity index (χ1v) is 8.09. The van der Waals surface area contributed by atoms with Gasteiger partial charge in [-0.15, -0.1) is 0 Å². The summed E-state index contributed by atoms with van der Waals surface area (Å²) in [6.07, 6.45) is 1.20. The molecule has 3 aromatic rings. The van der Waals surface area contributed by atoms with Crippen LogP contribution in [0.5, 0.6) is 0 Å². The molecule has 0 radical (unpaired) electrons. The second-order valence-electron chi connectivity index (χ2n) is 6.24. The fraction of sp³-hybridized carbons (Fsp3) is 0.238. The number of rotatable bonds is 3. The summed E-state index contributed by atoms with van der Waals surface area (Å²) in [5.74, 6) is 1.13. The Morgan fingerprint density at radius 2 is 1.50 bits per heavy atom. The molecule has 0 saturated heterocycles. The summed E-state index contributed by atoms with van der Waals surface area (Å²) < 4.78 is 0. The van der Waals surface area contributed by atoms with Crippen molar-refractivity contribution in [2.75, 3.05) is 13.6 Å². The van der Waals surface area contributed by atoms with Gasteiger partial charge in [-0.25, -0.2) is 0 Å². The molecule has 22 heavy (non-hydrogen) atoms. The zero-order valence-corrected chi connectivity index (χ0v) is 12.9. The summed E-state index contributed by atoms with van der Waals surface area (Å²) >= 11 is 0. The van der Waals surface area contributed by atoms with Gasteiger partial charge in [0.15, 0.2) is 0 Å². The lowest BCUT2D eigenvalue weighted by Gasteiger charge is -2.15. The molecule has 0 bridgehead atoms. The molecule has 0 aliphatic heterocycles. The maximum absolute atomic E-state index is 3.36. The standard InChI is InChI=1S/C21H21N/c1-22-14-16-13-21(19-11-5-4-10-18(16)19)20-12-6-8-15-7-2-3-9-17(15)20/h2-12,16,21-22H,13-14H2,1H3/t16-,21-/m1/s1. The summed E-state index contributed by atoms with van der Waals surface area (Å²) in [4.78, 5) is 0. The highest BCUT2D eigenvalue weighted by Gasteiger charge is 2.31. The normalized spacial score (nSPS) is 20.2. The van der Waals surface area contributed by atoms with E-state index in [1.165, 1.54) is 33.9 Å². The van der Waals surface area contributed by atoms with Crippen molar-refractivity contribution >= 4 is 10.8 Å². The van der Waals surface area contributed by atoms with E-state index >= 15 is 0 Å². The minimum absolute atomic E-state index is 0.514. The third-order valence-corrected chi connectivity index (χ3v) is 4.98. The predicted molar refractivity (Wildman–Crippen MR) is 93.5 cm³/mol.